The van der Waals surface area contributed by atoms with Crippen LogP contribution in [0.5, 0.6) is 0 Å². The fourth-order valence-corrected chi connectivity index (χ4v) is 6.65. The van der Waals surface area contributed by atoms with Gasteiger partial charge in [0.1, 0.15) is 0 Å². The summed E-state index contributed by atoms with van der Waals surface area (Å²) in [4.78, 5) is 19.0. The predicted molar refractivity (Wildman–Crippen MR) is 207 cm³/mol. The van der Waals surface area contributed by atoms with E-state index in [4.69, 9.17) is 15.0 Å². The average Bonchev–Trinajstić information content (AvgIpc) is 3.62. The maximum atomic E-state index is 4.95. The van der Waals surface area contributed by atoms with Gasteiger partial charge in [0.2, 0.25) is 0 Å². The fourth-order valence-electron chi connectivity index (χ4n) is 6.65. The summed E-state index contributed by atoms with van der Waals surface area (Å²) in [5.41, 5.74) is 11.9. The number of aromatic nitrogens is 5. The summed E-state index contributed by atoms with van der Waals surface area (Å²) in [6, 6.07) is 61.0. The van der Waals surface area contributed by atoms with E-state index in [1.165, 1.54) is 5.39 Å². The molecule has 5 heteroatoms. The van der Waals surface area contributed by atoms with Crippen LogP contribution in [0.1, 0.15) is 0 Å². The van der Waals surface area contributed by atoms with Gasteiger partial charge in [0.05, 0.1) is 11.2 Å². The van der Waals surface area contributed by atoms with E-state index in [1.807, 2.05) is 73.1 Å². The molecule has 0 bridgehead atoms. The van der Waals surface area contributed by atoms with E-state index < -0.39 is 0 Å². The minimum absolute atomic E-state index is 0.637. The van der Waals surface area contributed by atoms with E-state index in [9.17, 15) is 0 Å². The average molecular weight is 654 g/mol. The first-order valence-electron chi connectivity index (χ1n) is 17.0. The summed E-state index contributed by atoms with van der Waals surface area (Å²) >= 11 is 0. The van der Waals surface area contributed by atoms with Crippen LogP contribution >= 0.6 is 0 Å². The van der Waals surface area contributed by atoms with Gasteiger partial charge < -0.3 is 4.57 Å². The first kappa shape index (κ1) is 30.1. The van der Waals surface area contributed by atoms with Crippen LogP contribution in [0.4, 0.5) is 0 Å². The number of rotatable bonds is 7. The third-order valence-corrected chi connectivity index (χ3v) is 9.14. The van der Waals surface area contributed by atoms with Crippen molar-refractivity contribution in [1.82, 2.24) is 24.5 Å². The first-order valence-corrected chi connectivity index (χ1v) is 17.0. The van der Waals surface area contributed by atoms with Crippen molar-refractivity contribution >= 4 is 10.9 Å². The third kappa shape index (κ3) is 5.98. The molecule has 0 aliphatic heterocycles. The molecule has 6 aromatic carbocycles. The molecular formula is C46H31N5. The Labute approximate surface area is 296 Å². The van der Waals surface area contributed by atoms with Gasteiger partial charge in [-0.1, -0.05) is 133 Å². The van der Waals surface area contributed by atoms with Crippen molar-refractivity contribution < 1.29 is 0 Å². The monoisotopic (exact) mass is 653 g/mol. The number of fused-ring (bicyclic) bond motifs is 1. The second-order valence-corrected chi connectivity index (χ2v) is 12.4. The predicted octanol–water partition coefficient (Wildman–Crippen LogP) is 11.2. The lowest BCUT2D eigenvalue weighted by atomic mass is 9.96. The van der Waals surface area contributed by atoms with Gasteiger partial charge in [-0.15, -0.1) is 0 Å². The summed E-state index contributed by atoms with van der Waals surface area (Å²) in [5, 5.41) is 1.20. The lowest BCUT2D eigenvalue weighted by Crippen LogP contribution is -2.00. The maximum Gasteiger partial charge on any atom is 0.164 e. The highest BCUT2D eigenvalue weighted by molar-refractivity contribution is 5.90. The summed E-state index contributed by atoms with van der Waals surface area (Å²) in [6.07, 6.45) is 3.69. The van der Waals surface area contributed by atoms with Crippen LogP contribution in [0.2, 0.25) is 0 Å². The van der Waals surface area contributed by atoms with Crippen molar-refractivity contribution in [2.75, 3.05) is 0 Å². The largest absolute Gasteiger partial charge is 0.309 e. The van der Waals surface area contributed by atoms with Crippen LogP contribution in [-0.2, 0) is 0 Å². The molecule has 0 fully saturated rings. The SMILES string of the molecule is c1ccc(-c2nc(-c3ccccc3)nc(-c3cccc(-c4cccc(-c5cccc(-c6cc7ccccc7n6-c6ccncc6)c5)c4)c3)n2)cc1. The zero-order valence-electron chi connectivity index (χ0n) is 27.6. The van der Waals surface area contributed by atoms with Gasteiger partial charge in [-0.3, -0.25) is 4.98 Å². The Kier molecular flexibility index (Phi) is 7.76. The fraction of sp³-hybridized carbons (Fsp3) is 0. The molecule has 51 heavy (non-hydrogen) atoms. The number of hydrogen-bond acceptors (Lipinski definition) is 4. The van der Waals surface area contributed by atoms with E-state index >= 15 is 0 Å². The highest BCUT2D eigenvalue weighted by atomic mass is 15.0. The molecule has 5 nitrogen and oxygen atoms in total. The molecule has 0 spiro atoms. The van der Waals surface area contributed by atoms with Gasteiger partial charge in [0, 0.05) is 40.2 Å². The molecule has 0 aliphatic carbocycles. The Morgan fingerprint density at radius 2 is 0.765 bits per heavy atom. The van der Waals surface area contributed by atoms with Gasteiger partial charge in [-0.25, -0.2) is 15.0 Å². The first-order chi connectivity index (χ1) is 25.3. The highest BCUT2D eigenvalue weighted by Crippen LogP contribution is 2.35. The molecule has 0 unspecified atom stereocenters. The summed E-state index contributed by atoms with van der Waals surface area (Å²) in [5.74, 6) is 1.93. The Balaban J connectivity index is 1.10. The van der Waals surface area contributed by atoms with E-state index in [0.29, 0.717) is 17.5 Å². The topological polar surface area (TPSA) is 56.5 Å². The zero-order valence-corrected chi connectivity index (χ0v) is 27.6. The standard InChI is InChI=1S/C46H31N5/c1-3-12-32(13-4-1)44-48-45(33-14-5-2-6-15-33)50-46(49-44)40-22-11-20-37(30-40)35-18-9-17-34(28-35)36-19-10-21-38(29-36)43-31-39-16-7-8-23-42(39)51(43)41-24-26-47-27-25-41/h1-31H. The lowest BCUT2D eigenvalue weighted by Gasteiger charge is -2.13. The molecule has 9 aromatic rings. The van der Waals surface area contributed by atoms with Crippen LogP contribution in [0.15, 0.2) is 188 Å². The van der Waals surface area contributed by atoms with E-state index in [1.54, 1.807) is 0 Å². The van der Waals surface area contributed by atoms with Crippen molar-refractivity contribution in [2.24, 2.45) is 0 Å². The van der Waals surface area contributed by atoms with Crippen LogP contribution in [-0.4, -0.2) is 24.5 Å². The normalized spacial score (nSPS) is 11.1. The van der Waals surface area contributed by atoms with Crippen molar-refractivity contribution in [1.29, 1.82) is 0 Å². The third-order valence-electron chi connectivity index (χ3n) is 9.14. The molecule has 0 aliphatic rings. The molecule has 240 valence electrons. The van der Waals surface area contributed by atoms with Crippen molar-refractivity contribution in [3.63, 3.8) is 0 Å². The van der Waals surface area contributed by atoms with Gasteiger partial charge in [-0.2, -0.15) is 0 Å². The Morgan fingerprint density at radius 1 is 0.333 bits per heavy atom. The van der Waals surface area contributed by atoms with Crippen LogP contribution < -0.4 is 0 Å². The Morgan fingerprint density at radius 3 is 1.35 bits per heavy atom. The minimum Gasteiger partial charge on any atom is -0.309 e. The van der Waals surface area contributed by atoms with Crippen molar-refractivity contribution in [3.05, 3.63) is 188 Å². The smallest absolute Gasteiger partial charge is 0.164 e. The molecule has 0 N–H and O–H groups in total. The Hall–Kier alpha value is -6.98. The number of para-hydroxylation sites is 1. The molecule has 0 saturated heterocycles. The van der Waals surface area contributed by atoms with E-state index in [-0.39, 0.29) is 0 Å². The molecule has 3 heterocycles. The highest BCUT2D eigenvalue weighted by Gasteiger charge is 2.15. The van der Waals surface area contributed by atoms with Gasteiger partial charge >= 0.3 is 0 Å². The van der Waals surface area contributed by atoms with Gasteiger partial charge in [0.25, 0.3) is 0 Å². The van der Waals surface area contributed by atoms with E-state index in [0.717, 1.165) is 61.4 Å². The minimum atomic E-state index is 0.637. The summed E-state index contributed by atoms with van der Waals surface area (Å²) in [6.45, 7) is 0. The molecule has 3 aromatic heterocycles. The molecule has 9 rings (SSSR count). The van der Waals surface area contributed by atoms with Crippen molar-refractivity contribution in [2.45, 2.75) is 0 Å². The summed E-state index contributed by atoms with van der Waals surface area (Å²) in [7, 11) is 0. The van der Waals surface area contributed by atoms with Gasteiger partial charge in [0.15, 0.2) is 17.5 Å². The van der Waals surface area contributed by atoms with Crippen LogP contribution in [0.3, 0.4) is 0 Å². The second kappa shape index (κ2) is 13.1. The molecule has 0 atom stereocenters. The Bertz CT molecular complexity index is 2570. The van der Waals surface area contributed by atoms with Crippen molar-refractivity contribution in [3.8, 4) is 73.4 Å². The van der Waals surface area contributed by atoms with Gasteiger partial charge in [-0.05, 0) is 70.3 Å². The second-order valence-electron chi connectivity index (χ2n) is 12.4. The number of nitrogens with zero attached hydrogens (tertiary/aromatic N) is 5. The number of pyridine rings is 1. The number of hydrogen-bond donors (Lipinski definition) is 0. The molecule has 0 radical (unpaired) electrons. The number of benzene rings is 6. The lowest BCUT2D eigenvalue weighted by molar-refractivity contribution is 1.07. The molecule has 0 saturated carbocycles. The molecule has 0 amide bonds. The van der Waals surface area contributed by atoms with Crippen LogP contribution in [0.25, 0.3) is 84.3 Å². The quantitative estimate of drug-likeness (QED) is 0.172. The molecular weight excluding hydrogens is 623 g/mol. The summed E-state index contributed by atoms with van der Waals surface area (Å²) < 4.78 is 2.31. The van der Waals surface area contributed by atoms with Crippen LogP contribution in [0, 0.1) is 0 Å². The maximum absolute atomic E-state index is 4.95. The zero-order chi connectivity index (χ0) is 34.0. The van der Waals surface area contributed by atoms with E-state index in [2.05, 4.69) is 125 Å².